The molecule has 0 aliphatic carbocycles. The van der Waals surface area contributed by atoms with Crippen LogP contribution in [0.15, 0.2) is 52.0 Å². The van der Waals surface area contributed by atoms with Crippen LogP contribution in [0.4, 0.5) is 0 Å². The second-order valence-corrected chi connectivity index (χ2v) is 8.85. The normalized spacial score (nSPS) is 13.3. The second-order valence-electron chi connectivity index (χ2n) is 6.85. The van der Waals surface area contributed by atoms with Gasteiger partial charge in [-0.25, -0.2) is 8.42 Å². The van der Waals surface area contributed by atoms with Crippen molar-refractivity contribution >= 4 is 15.9 Å². The Morgan fingerprint density at radius 3 is 2.41 bits per heavy atom. The van der Waals surface area contributed by atoms with E-state index in [1.165, 1.54) is 23.5 Å². The molecule has 7 nitrogen and oxygen atoms in total. The van der Waals surface area contributed by atoms with E-state index in [1.54, 1.807) is 38.3 Å². The Morgan fingerprint density at radius 2 is 1.85 bits per heavy atom. The summed E-state index contributed by atoms with van der Waals surface area (Å²) in [6.45, 7) is 3.93. The zero-order valence-electron chi connectivity index (χ0n) is 16.3. The Balaban J connectivity index is 2.16. The van der Waals surface area contributed by atoms with E-state index in [9.17, 15) is 13.2 Å². The molecule has 0 aliphatic heterocycles. The molecule has 0 saturated carbocycles. The topological polar surface area (TPSA) is 82.9 Å². The summed E-state index contributed by atoms with van der Waals surface area (Å²) in [4.78, 5) is 14.6. The molecule has 1 heterocycles. The lowest BCUT2D eigenvalue weighted by molar-refractivity contribution is 0.0939. The lowest BCUT2D eigenvalue weighted by Crippen LogP contribution is -2.35. The highest BCUT2D eigenvalue weighted by Crippen LogP contribution is 2.19. The van der Waals surface area contributed by atoms with Crippen molar-refractivity contribution < 1.29 is 17.6 Å². The maximum atomic E-state index is 12.6. The van der Waals surface area contributed by atoms with Gasteiger partial charge < -0.3 is 9.73 Å². The van der Waals surface area contributed by atoms with E-state index in [-0.39, 0.29) is 22.9 Å². The summed E-state index contributed by atoms with van der Waals surface area (Å²) < 4.78 is 32.0. The molecule has 2 rings (SSSR count). The van der Waals surface area contributed by atoms with E-state index in [0.29, 0.717) is 12.1 Å². The number of nitrogens with zero attached hydrogens (tertiary/aromatic N) is 2. The van der Waals surface area contributed by atoms with Crippen molar-refractivity contribution in [1.82, 2.24) is 14.5 Å². The van der Waals surface area contributed by atoms with Gasteiger partial charge in [-0.3, -0.25) is 9.69 Å². The van der Waals surface area contributed by atoms with Crippen molar-refractivity contribution in [3.8, 4) is 0 Å². The number of nitrogens with one attached hydrogen (secondary N) is 1. The first-order chi connectivity index (χ1) is 12.6. The molecule has 1 amide bonds. The van der Waals surface area contributed by atoms with Crippen LogP contribution in [0, 0.1) is 0 Å². The number of hydrogen-bond donors (Lipinski definition) is 1. The van der Waals surface area contributed by atoms with E-state index < -0.39 is 10.0 Å². The monoisotopic (exact) mass is 393 g/mol. The third kappa shape index (κ3) is 4.97. The van der Waals surface area contributed by atoms with Crippen molar-refractivity contribution in [1.29, 1.82) is 0 Å². The number of carbonyl (C=O) groups is 1. The molecule has 0 spiro atoms. The molecule has 148 valence electrons. The van der Waals surface area contributed by atoms with Gasteiger partial charge in [0.1, 0.15) is 5.76 Å². The largest absolute Gasteiger partial charge is 0.468 e. The van der Waals surface area contributed by atoms with Crippen LogP contribution >= 0.6 is 0 Å². The van der Waals surface area contributed by atoms with Crippen molar-refractivity contribution in [3.63, 3.8) is 0 Å². The Morgan fingerprint density at radius 1 is 1.15 bits per heavy atom. The van der Waals surface area contributed by atoms with Gasteiger partial charge in [-0.05, 0) is 58.3 Å². The number of carbonyl (C=O) groups excluding carboxylic acids is 1. The van der Waals surface area contributed by atoms with Gasteiger partial charge in [-0.2, -0.15) is 4.31 Å². The molecule has 1 atom stereocenters. The van der Waals surface area contributed by atoms with Crippen LogP contribution in [-0.4, -0.2) is 57.3 Å². The zero-order chi connectivity index (χ0) is 20.2. The number of benzene rings is 1. The first kappa shape index (κ1) is 21.1. The van der Waals surface area contributed by atoms with E-state index in [1.807, 2.05) is 25.1 Å². The third-order valence-corrected chi connectivity index (χ3v) is 6.48. The molecule has 1 unspecified atom stereocenters. The number of furan rings is 1. The van der Waals surface area contributed by atoms with Crippen LogP contribution in [0.2, 0.25) is 0 Å². The van der Waals surface area contributed by atoms with Crippen LogP contribution < -0.4 is 5.32 Å². The molecule has 1 N–H and O–H groups in total. The number of rotatable bonds is 8. The van der Waals surface area contributed by atoms with Crippen molar-refractivity contribution in [2.75, 3.05) is 27.7 Å². The molecular weight excluding hydrogens is 366 g/mol. The van der Waals surface area contributed by atoms with Crippen LogP contribution in [0.25, 0.3) is 0 Å². The summed E-state index contributed by atoms with van der Waals surface area (Å²) in [6.07, 6.45) is 1.59. The molecule has 1 aromatic heterocycles. The zero-order valence-corrected chi connectivity index (χ0v) is 17.2. The molecule has 0 saturated heterocycles. The quantitative estimate of drug-likeness (QED) is 0.744. The third-order valence-electron chi connectivity index (χ3n) is 4.45. The standard InChI is InChI=1S/C19H27N3O4S/c1-14(2)22(5)27(24,25)16-9-6-8-15(12-16)19(23)20-13-17(21(3)4)18-10-7-11-26-18/h6-12,14,17H,13H2,1-5H3,(H,20,23). The highest BCUT2D eigenvalue weighted by molar-refractivity contribution is 7.89. The lowest BCUT2D eigenvalue weighted by atomic mass is 10.2. The fourth-order valence-electron chi connectivity index (χ4n) is 2.55. The molecule has 27 heavy (non-hydrogen) atoms. The maximum Gasteiger partial charge on any atom is 0.251 e. The highest BCUT2D eigenvalue weighted by atomic mass is 32.2. The van der Waals surface area contributed by atoms with Gasteiger partial charge in [-0.1, -0.05) is 6.07 Å². The molecule has 0 radical (unpaired) electrons. The summed E-state index contributed by atoms with van der Waals surface area (Å²) in [6, 6.07) is 9.42. The van der Waals surface area contributed by atoms with Crippen molar-refractivity contribution in [3.05, 3.63) is 54.0 Å². The Kier molecular flexibility index (Phi) is 6.80. The van der Waals surface area contributed by atoms with Gasteiger partial charge in [0, 0.05) is 25.2 Å². The van der Waals surface area contributed by atoms with Crippen LogP contribution in [0.1, 0.15) is 36.0 Å². The molecule has 0 bridgehead atoms. The molecule has 0 fully saturated rings. The predicted octanol–water partition coefficient (Wildman–Crippen LogP) is 2.34. The van der Waals surface area contributed by atoms with Crippen LogP contribution in [0.5, 0.6) is 0 Å². The second kappa shape index (κ2) is 8.69. The molecule has 0 aliphatic rings. The lowest BCUT2D eigenvalue weighted by Gasteiger charge is -2.23. The summed E-state index contributed by atoms with van der Waals surface area (Å²) in [5.41, 5.74) is 0.296. The fraction of sp³-hybridized carbons (Fsp3) is 0.421. The maximum absolute atomic E-state index is 12.6. The van der Waals surface area contributed by atoms with Gasteiger partial charge in [0.2, 0.25) is 10.0 Å². The van der Waals surface area contributed by atoms with Crippen LogP contribution in [-0.2, 0) is 10.0 Å². The van der Waals surface area contributed by atoms with E-state index in [4.69, 9.17) is 4.42 Å². The van der Waals surface area contributed by atoms with E-state index >= 15 is 0 Å². The summed E-state index contributed by atoms with van der Waals surface area (Å²) in [5.74, 6) is 0.410. The summed E-state index contributed by atoms with van der Waals surface area (Å²) in [7, 11) is 1.68. The number of amides is 1. The molecule has 2 aromatic rings. The average Bonchev–Trinajstić information content (AvgIpc) is 3.15. The van der Waals surface area contributed by atoms with E-state index in [2.05, 4.69) is 5.32 Å². The van der Waals surface area contributed by atoms with Gasteiger partial charge in [0.05, 0.1) is 17.2 Å². The summed E-state index contributed by atoms with van der Waals surface area (Å²) in [5, 5.41) is 2.85. The Labute approximate surface area is 161 Å². The number of hydrogen-bond acceptors (Lipinski definition) is 5. The number of likely N-dealkylation sites (N-methyl/N-ethyl adjacent to an activating group) is 1. The summed E-state index contributed by atoms with van der Waals surface area (Å²) >= 11 is 0. The first-order valence-corrected chi connectivity index (χ1v) is 10.1. The van der Waals surface area contributed by atoms with Gasteiger partial charge >= 0.3 is 0 Å². The highest BCUT2D eigenvalue weighted by Gasteiger charge is 2.24. The molecular formula is C19H27N3O4S. The van der Waals surface area contributed by atoms with Gasteiger partial charge in [-0.15, -0.1) is 0 Å². The minimum absolute atomic E-state index is 0.0987. The Hall–Kier alpha value is -2.16. The first-order valence-electron chi connectivity index (χ1n) is 8.70. The Bertz CT molecular complexity index is 861. The minimum Gasteiger partial charge on any atom is -0.468 e. The number of sulfonamides is 1. The van der Waals surface area contributed by atoms with Gasteiger partial charge in [0.15, 0.2) is 0 Å². The molecule has 1 aromatic carbocycles. The smallest absolute Gasteiger partial charge is 0.251 e. The fourth-order valence-corrected chi connectivity index (χ4v) is 3.97. The minimum atomic E-state index is -3.64. The van der Waals surface area contributed by atoms with Crippen molar-refractivity contribution in [2.24, 2.45) is 0 Å². The average molecular weight is 394 g/mol. The molecule has 8 heteroatoms. The van der Waals surface area contributed by atoms with Gasteiger partial charge in [0.25, 0.3) is 5.91 Å². The predicted molar refractivity (Wildman–Crippen MR) is 104 cm³/mol. The van der Waals surface area contributed by atoms with Crippen molar-refractivity contribution in [2.45, 2.75) is 30.8 Å². The van der Waals surface area contributed by atoms with Crippen LogP contribution in [0.3, 0.4) is 0 Å². The van der Waals surface area contributed by atoms with E-state index in [0.717, 1.165) is 5.76 Å². The SMILES string of the molecule is CC(C)N(C)S(=O)(=O)c1cccc(C(=O)NCC(c2ccco2)N(C)C)c1.